The third kappa shape index (κ3) is 4.87. The lowest BCUT2D eigenvalue weighted by Crippen LogP contribution is -2.45. The second-order valence-corrected chi connectivity index (χ2v) is 9.79. The normalized spacial score (nSPS) is 18.4. The van der Waals surface area contributed by atoms with E-state index in [1.165, 1.54) is 35.2 Å². The van der Waals surface area contributed by atoms with Gasteiger partial charge in [0.25, 0.3) is 5.91 Å². The quantitative estimate of drug-likeness (QED) is 0.482. The van der Waals surface area contributed by atoms with Crippen LogP contribution in [0.25, 0.3) is 0 Å². The molecule has 2 atom stereocenters. The van der Waals surface area contributed by atoms with Gasteiger partial charge in [0.15, 0.2) is 6.10 Å². The van der Waals surface area contributed by atoms with Crippen LogP contribution >= 0.6 is 23.1 Å². The van der Waals surface area contributed by atoms with E-state index in [0.29, 0.717) is 18.0 Å². The molecule has 8 heteroatoms. The summed E-state index contributed by atoms with van der Waals surface area (Å²) < 4.78 is 19.5. The van der Waals surface area contributed by atoms with Gasteiger partial charge in [0.05, 0.1) is 10.9 Å². The molecule has 0 fully saturated rings. The zero-order valence-electron chi connectivity index (χ0n) is 17.7. The molecule has 1 aliphatic heterocycles. The van der Waals surface area contributed by atoms with Gasteiger partial charge in [0.2, 0.25) is 0 Å². The van der Waals surface area contributed by atoms with Crippen LogP contribution in [-0.2, 0) is 9.53 Å². The minimum absolute atomic E-state index is 0.288. The van der Waals surface area contributed by atoms with Crippen LogP contribution in [0.4, 0.5) is 10.1 Å². The van der Waals surface area contributed by atoms with Crippen molar-refractivity contribution < 1.29 is 18.7 Å². The predicted octanol–water partition coefficient (Wildman–Crippen LogP) is 4.85. The van der Waals surface area contributed by atoms with Crippen LogP contribution in [0.2, 0.25) is 0 Å². The first-order valence-electron chi connectivity index (χ1n) is 10.2. The first kappa shape index (κ1) is 22.5. The Morgan fingerprint density at radius 3 is 2.53 bits per heavy atom. The van der Waals surface area contributed by atoms with Gasteiger partial charge in [-0.2, -0.15) is 0 Å². The van der Waals surface area contributed by atoms with E-state index < -0.39 is 17.3 Å². The van der Waals surface area contributed by atoms with Gasteiger partial charge in [0, 0.05) is 18.0 Å². The molecule has 0 spiro atoms. The van der Waals surface area contributed by atoms with Crippen molar-refractivity contribution in [3.63, 3.8) is 0 Å². The molecule has 0 radical (unpaired) electrons. The summed E-state index contributed by atoms with van der Waals surface area (Å²) in [6.45, 7) is 1.10. The fourth-order valence-corrected chi connectivity index (χ4v) is 5.41. The summed E-state index contributed by atoms with van der Waals surface area (Å²) in [5.74, 6) is -1.19. The molecule has 1 aromatic heterocycles. The Balaban J connectivity index is 1.77. The van der Waals surface area contributed by atoms with Crippen LogP contribution in [-0.4, -0.2) is 50.1 Å². The number of benzene rings is 2. The molecular formula is C24H23FN2O3S2. The van der Waals surface area contributed by atoms with Crippen molar-refractivity contribution in [2.75, 3.05) is 32.1 Å². The Kier molecular flexibility index (Phi) is 6.93. The lowest BCUT2D eigenvalue weighted by atomic mass is 10.1. The minimum atomic E-state index is -1.06. The molecule has 4 rings (SSSR count). The number of nitrogens with zero attached hydrogens (tertiary/aromatic N) is 2. The Morgan fingerprint density at radius 2 is 1.84 bits per heavy atom. The molecule has 2 aromatic carbocycles. The highest BCUT2D eigenvalue weighted by Gasteiger charge is 2.41. The zero-order valence-corrected chi connectivity index (χ0v) is 19.4. The minimum Gasteiger partial charge on any atom is -0.446 e. The number of para-hydroxylation sites is 1. The summed E-state index contributed by atoms with van der Waals surface area (Å²) in [7, 11) is 3.89. The SMILES string of the molecule is CN(C)CCN1C(=O)[C@@H](OC(=O)c2cccs2)[C@@H](c2ccc(F)cc2)Sc2ccccc21. The van der Waals surface area contributed by atoms with E-state index in [-0.39, 0.29) is 11.7 Å². The summed E-state index contributed by atoms with van der Waals surface area (Å²) in [6.07, 6.45) is -1.06. The molecular weight excluding hydrogens is 447 g/mol. The molecule has 2 heterocycles. The zero-order chi connectivity index (χ0) is 22.7. The Hall–Kier alpha value is -2.68. The molecule has 0 unspecified atom stereocenters. The number of hydrogen-bond donors (Lipinski definition) is 0. The van der Waals surface area contributed by atoms with E-state index >= 15 is 0 Å². The summed E-state index contributed by atoms with van der Waals surface area (Å²) in [5, 5.41) is 1.27. The average Bonchev–Trinajstić information content (AvgIpc) is 3.29. The van der Waals surface area contributed by atoms with E-state index in [1.807, 2.05) is 43.3 Å². The number of likely N-dealkylation sites (N-methyl/N-ethyl adjacent to an activating group) is 1. The number of halogens is 1. The number of anilines is 1. The van der Waals surface area contributed by atoms with Crippen molar-refractivity contribution in [3.05, 3.63) is 82.3 Å². The van der Waals surface area contributed by atoms with Crippen LogP contribution in [0.3, 0.4) is 0 Å². The summed E-state index contributed by atoms with van der Waals surface area (Å²) >= 11 is 2.72. The van der Waals surface area contributed by atoms with Crippen LogP contribution in [0.1, 0.15) is 20.5 Å². The van der Waals surface area contributed by atoms with Crippen molar-refractivity contribution >= 4 is 40.7 Å². The topological polar surface area (TPSA) is 49.9 Å². The highest BCUT2D eigenvalue weighted by atomic mass is 32.2. The van der Waals surface area contributed by atoms with E-state index in [9.17, 15) is 14.0 Å². The third-order valence-corrected chi connectivity index (χ3v) is 7.34. The van der Waals surface area contributed by atoms with Gasteiger partial charge in [-0.25, -0.2) is 9.18 Å². The number of ether oxygens (including phenoxy) is 1. The number of thioether (sulfide) groups is 1. The number of thiophene rings is 1. The first-order chi connectivity index (χ1) is 15.4. The number of carbonyl (C=O) groups is 2. The number of fused-ring (bicyclic) bond motifs is 1. The largest absolute Gasteiger partial charge is 0.446 e. The highest BCUT2D eigenvalue weighted by Crippen LogP contribution is 2.46. The lowest BCUT2D eigenvalue weighted by Gasteiger charge is -2.28. The lowest BCUT2D eigenvalue weighted by molar-refractivity contribution is -0.127. The van der Waals surface area contributed by atoms with Crippen molar-refractivity contribution in [2.24, 2.45) is 0 Å². The van der Waals surface area contributed by atoms with Crippen LogP contribution in [0.5, 0.6) is 0 Å². The smallest absolute Gasteiger partial charge is 0.349 e. The number of hydrogen-bond acceptors (Lipinski definition) is 6. The standard InChI is InChI=1S/C24H23FN2O3S2/c1-26(2)13-14-27-18-6-3-4-7-19(18)32-22(16-9-11-17(25)12-10-16)21(23(27)28)30-24(29)20-8-5-15-31-20/h3-12,15,21-22H,13-14H2,1-2H3/t21-,22+/m0/s1. The molecule has 1 amide bonds. The van der Waals surface area contributed by atoms with Gasteiger partial charge >= 0.3 is 5.97 Å². The van der Waals surface area contributed by atoms with Gasteiger partial charge in [-0.05, 0) is 55.4 Å². The molecule has 166 valence electrons. The van der Waals surface area contributed by atoms with Crippen molar-refractivity contribution in [1.82, 2.24) is 4.90 Å². The van der Waals surface area contributed by atoms with Gasteiger partial charge in [0.1, 0.15) is 10.7 Å². The molecule has 0 saturated carbocycles. The Bertz CT molecular complexity index is 1090. The molecule has 32 heavy (non-hydrogen) atoms. The summed E-state index contributed by atoms with van der Waals surface area (Å²) in [6, 6.07) is 17.1. The van der Waals surface area contributed by atoms with Gasteiger partial charge in [-0.3, -0.25) is 4.79 Å². The van der Waals surface area contributed by atoms with Gasteiger partial charge in [-0.1, -0.05) is 30.3 Å². The number of esters is 1. The molecule has 0 saturated heterocycles. The second kappa shape index (κ2) is 9.85. The molecule has 1 aliphatic rings. The van der Waals surface area contributed by atoms with E-state index in [4.69, 9.17) is 4.74 Å². The Labute approximate surface area is 194 Å². The predicted molar refractivity (Wildman–Crippen MR) is 126 cm³/mol. The number of amides is 1. The molecule has 0 bridgehead atoms. The van der Waals surface area contributed by atoms with Crippen LogP contribution < -0.4 is 4.90 Å². The second-order valence-electron chi connectivity index (χ2n) is 7.65. The maximum absolute atomic E-state index is 13.8. The van der Waals surface area contributed by atoms with Crippen LogP contribution in [0, 0.1) is 5.82 Å². The van der Waals surface area contributed by atoms with Crippen molar-refractivity contribution in [3.8, 4) is 0 Å². The van der Waals surface area contributed by atoms with E-state index in [0.717, 1.165) is 16.1 Å². The summed E-state index contributed by atoms with van der Waals surface area (Å²) in [5.41, 5.74) is 1.50. The van der Waals surface area contributed by atoms with E-state index in [1.54, 1.807) is 34.5 Å². The van der Waals surface area contributed by atoms with E-state index in [2.05, 4.69) is 0 Å². The fraction of sp³-hybridized carbons (Fsp3) is 0.250. The monoisotopic (exact) mass is 470 g/mol. The molecule has 5 nitrogen and oxygen atoms in total. The van der Waals surface area contributed by atoms with Crippen molar-refractivity contribution in [2.45, 2.75) is 16.2 Å². The number of carbonyl (C=O) groups excluding carboxylic acids is 2. The van der Waals surface area contributed by atoms with Crippen LogP contribution in [0.15, 0.2) is 70.9 Å². The first-order valence-corrected chi connectivity index (χ1v) is 11.9. The molecule has 0 aliphatic carbocycles. The fourth-order valence-electron chi connectivity index (χ4n) is 3.49. The number of rotatable bonds is 6. The summed E-state index contributed by atoms with van der Waals surface area (Å²) in [4.78, 5) is 31.7. The van der Waals surface area contributed by atoms with Crippen molar-refractivity contribution in [1.29, 1.82) is 0 Å². The Morgan fingerprint density at radius 1 is 1.09 bits per heavy atom. The average molecular weight is 471 g/mol. The maximum atomic E-state index is 13.8. The van der Waals surface area contributed by atoms with Gasteiger partial charge in [-0.15, -0.1) is 23.1 Å². The molecule has 3 aromatic rings. The third-order valence-electron chi connectivity index (χ3n) is 5.12. The molecule has 0 N–H and O–H groups in total. The highest BCUT2D eigenvalue weighted by molar-refractivity contribution is 7.99. The maximum Gasteiger partial charge on any atom is 0.349 e. The van der Waals surface area contributed by atoms with Gasteiger partial charge < -0.3 is 14.5 Å².